The van der Waals surface area contributed by atoms with Crippen molar-refractivity contribution in [2.45, 2.75) is 0 Å². The SMILES string of the molecule is O=c1[nH]c2ccccc2cc1-c1nc2ccc(OCCN3CCOCC3)cc2[nH]1. The number of nitrogens with one attached hydrogen (secondary N) is 2. The molecule has 1 fully saturated rings. The second kappa shape index (κ2) is 7.69. The second-order valence-corrected chi connectivity index (χ2v) is 7.17. The number of para-hydroxylation sites is 1. The van der Waals surface area contributed by atoms with Gasteiger partial charge in [0.1, 0.15) is 18.2 Å². The highest BCUT2D eigenvalue weighted by atomic mass is 16.5. The summed E-state index contributed by atoms with van der Waals surface area (Å²) in [6.45, 7) is 4.98. The summed E-state index contributed by atoms with van der Waals surface area (Å²) >= 11 is 0. The van der Waals surface area contributed by atoms with Gasteiger partial charge in [-0.15, -0.1) is 0 Å². The molecule has 2 aromatic carbocycles. The van der Waals surface area contributed by atoms with Crippen molar-refractivity contribution in [3.8, 4) is 17.1 Å². The van der Waals surface area contributed by atoms with Crippen LogP contribution in [0.2, 0.25) is 0 Å². The van der Waals surface area contributed by atoms with E-state index in [4.69, 9.17) is 9.47 Å². The summed E-state index contributed by atoms with van der Waals surface area (Å²) in [4.78, 5) is 25.6. The second-order valence-electron chi connectivity index (χ2n) is 7.17. The maximum atomic E-state index is 12.5. The van der Waals surface area contributed by atoms with Crippen LogP contribution < -0.4 is 10.3 Å². The van der Waals surface area contributed by atoms with E-state index in [1.807, 2.05) is 48.5 Å². The highest BCUT2D eigenvalue weighted by molar-refractivity contribution is 5.85. The van der Waals surface area contributed by atoms with Gasteiger partial charge in [-0.2, -0.15) is 0 Å². The predicted molar refractivity (Wildman–Crippen MR) is 112 cm³/mol. The molecule has 0 radical (unpaired) electrons. The Labute approximate surface area is 167 Å². The molecule has 2 N–H and O–H groups in total. The van der Waals surface area contributed by atoms with E-state index in [-0.39, 0.29) is 5.56 Å². The molecule has 1 saturated heterocycles. The van der Waals surface area contributed by atoms with Gasteiger partial charge < -0.3 is 19.4 Å². The van der Waals surface area contributed by atoms with E-state index in [2.05, 4.69) is 19.9 Å². The highest BCUT2D eigenvalue weighted by Crippen LogP contribution is 2.23. The summed E-state index contributed by atoms with van der Waals surface area (Å²) in [7, 11) is 0. The molecular formula is C22H22N4O3. The van der Waals surface area contributed by atoms with Gasteiger partial charge in [0.15, 0.2) is 0 Å². The van der Waals surface area contributed by atoms with Crippen molar-refractivity contribution < 1.29 is 9.47 Å². The van der Waals surface area contributed by atoms with E-state index in [9.17, 15) is 4.79 Å². The summed E-state index contributed by atoms with van der Waals surface area (Å²) in [6, 6.07) is 15.3. The van der Waals surface area contributed by atoms with Gasteiger partial charge in [-0.05, 0) is 29.7 Å². The average molecular weight is 390 g/mol. The third-order valence-corrected chi connectivity index (χ3v) is 5.24. The van der Waals surface area contributed by atoms with Crippen LogP contribution in [0.3, 0.4) is 0 Å². The van der Waals surface area contributed by atoms with Crippen molar-refractivity contribution in [1.29, 1.82) is 0 Å². The number of fused-ring (bicyclic) bond motifs is 2. The summed E-state index contributed by atoms with van der Waals surface area (Å²) in [5.41, 5.74) is 2.82. The minimum Gasteiger partial charge on any atom is -0.492 e. The monoisotopic (exact) mass is 390 g/mol. The van der Waals surface area contributed by atoms with Crippen LogP contribution in [0.15, 0.2) is 53.3 Å². The third-order valence-electron chi connectivity index (χ3n) is 5.24. The Balaban J connectivity index is 1.36. The molecule has 0 unspecified atom stereocenters. The van der Waals surface area contributed by atoms with Crippen LogP contribution in [0.4, 0.5) is 0 Å². The van der Waals surface area contributed by atoms with Gasteiger partial charge >= 0.3 is 0 Å². The lowest BCUT2D eigenvalue weighted by atomic mass is 10.1. The number of hydrogen-bond donors (Lipinski definition) is 2. The van der Waals surface area contributed by atoms with E-state index in [1.165, 1.54) is 0 Å². The fourth-order valence-electron chi connectivity index (χ4n) is 3.65. The number of imidazole rings is 1. The topological polar surface area (TPSA) is 83.2 Å². The molecule has 148 valence electrons. The summed E-state index contributed by atoms with van der Waals surface area (Å²) in [6.07, 6.45) is 0. The van der Waals surface area contributed by atoms with E-state index < -0.39 is 0 Å². The number of nitrogens with zero attached hydrogens (tertiary/aromatic N) is 2. The number of benzene rings is 2. The van der Waals surface area contributed by atoms with E-state index >= 15 is 0 Å². The number of pyridine rings is 1. The summed E-state index contributed by atoms with van der Waals surface area (Å²) < 4.78 is 11.3. The van der Waals surface area contributed by atoms with Crippen molar-refractivity contribution in [3.63, 3.8) is 0 Å². The molecule has 0 aliphatic carbocycles. The largest absolute Gasteiger partial charge is 0.492 e. The maximum absolute atomic E-state index is 12.5. The Morgan fingerprint density at radius 2 is 1.90 bits per heavy atom. The lowest BCUT2D eigenvalue weighted by molar-refractivity contribution is 0.0322. The van der Waals surface area contributed by atoms with Crippen LogP contribution in [0.25, 0.3) is 33.3 Å². The number of hydrogen-bond acceptors (Lipinski definition) is 5. The average Bonchev–Trinajstić information content (AvgIpc) is 3.17. The van der Waals surface area contributed by atoms with Gasteiger partial charge in [-0.3, -0.25) is 9.69 Å². The zero-order chi connectivity index (χ0) is 19.6. The number of aromatic nitrogens is 3. The molecule has 1 aliphatic heterocycles. The van der Waals surface area contributed by atoms with Crippen molar-refractivity contribution in [2.75, 3.05) is 39.5 Å². The number of ether oxygens (including phenoxy) is 2. The first-order valence-electron chi connectivity index (χ1n) is 9.81. The fraction of sp³-hybridized carbons (Fsp3) is 0.273. The Morgan fingerprint density at radius 3 is 2.79 bits per heavy atom. The fourth-order valence-corrected chi connectivity index (χ4v) is 3.65. The molecule has 4 aromatic rings. The van der Waals surface area contributed by atoms with Crippen LogP contribution in [-0.4, -0.2) is 59.3 Å². The van der Waals surface area contributed by atoms with Crippen molar-refractivity contribution >= 4 is 21.9 Å². The summed E-state index contributed by atoms with van der Waals surface area (Å²) in [5.74, 6) is 1.34. The Bertz CT molecular complexity index is 1210. The molecule has 0 saturated carbocycles. The lowest BCUT2D eigenvalue weighted by Gasteiger charge is -2.26. The molecule has 0 amide bonds. The predicted octanol–water partition coefficient (Wildman–Crippen LogP) is 2.78. The first-order chi connectivity index (χ1) is 14.3. The number of morpholine rings is 1. The quantitative estimate of drug-likeness (QED) is 0.548. The molecule has 0 bridgehead atoms. The smallest absolute Gasteiger partial charge is 0.259 e. The van der Waals surface area contributed by atoms with E-state index in [0.717, 1.165) is 60.5 Å². The molecule has 2 aromatic heterocycles. The first-order valence-corrected chi connectivity index (χ1v) is 9.81. The molecule has 7 nitrogen and oxygen atoms in total. The lowest BCUT2D eigenvalue weighted by Crippen LogP contribution is -2.38. The minimum absolute atomic E-state index is 0.162. The molecule has 1 aliphatic rings. The van der Waals surface area contributed by atoms with Crippen molar-refractivity contribution in [1.82, 2.24) is 19.9 Å². The van der Waals surface area contributed by atoms with Gasteiger partial charge in [0, 0.05) is 31.2 Å². The number of H-pyrrole nitrogens is 2. The Kier molecular flexibility index (Phi) is 4.75. The van der Waals surface area contributed by atoms with E-state index in [1.54, 1.807) is 0 Å². The van der Waals surface area contributed by atoms with Crippen molar-refractivity contribution in [3.05, 3.63) is 58.9 Å². The maximum Gasteiger partial charge on any atom is 0.259 e. The molecule has 0 spiro atoms. The normalized spacial score (nSPS) is 15.2. The molecule has 5 rings (SSSR count). The molecule has 29 heavy (non-hydrogen) atoms. The van der Waals surface area contributed by atoms with Gasteiger partial charge in [0.25, 0.3) is 5.56 Å². The van der Waals surface area contributed by atoms with Gasteiger partial charge in [0.2, 0.25) is 0 Å². The standard InChI is InChI=1S/C22H22N4O3/c27-22-17(13-15-3-1-2-4-18(15)25-22)21-23-19-6-5-16(14-20(19)24-21)29-12-9-26-7-10-28-11-8-26/h1-6,13-14H,7-12H2,(H,23,24)(H,25,27). The number of aromatic amines is 2. The molecule has 3 heterocycles. The highest BCUT2D eigenvalue weighted by Gasteiger charge is 2.12. The Morgan fingerprint density at radius 1 is 1.03 bits per heavy atom. The van der Waals surface area contributed by atoms with Crippen LogP contribution in [0.1, 0.15) is 0 Å². The molecule has 7 heteroatoms. The van der Waals surface area contributed by atoms with E-state index in [0.29, 0.717) is 18.0 Å². The van der Waals surface area contributed by atoms with Crippen LogP contribution >= 0.6 is 0 Å². The van der Waals surface area contributed by atoms with Gasteiger partial charge in [-0.1, -0.05) is 18.2 Å². The zero-order valence-corrected chi connectivity index (χ0v) is 16.0. The van der Waals surface area contributed by atoms with Gasteiger partial charge in [0.05, 0.1) is 29.8 Å². The third kappa shape index (κ3) is 3.74. The van der Waals surface area contributed by atoms with Gasteiger partial charge in [-0.25, -0.2) is 4.98 Å². The zero-order valence-electron chi connectivity index (χ0n) is 16.0. The molecular weight excluding hydrogens is 368 g/mol. The molecule has 0 atom stereocenters. The van der Waals surface area contributed by atoms with Crippen LogP contribution in [0, 0.1) is 0 Å². The number of rotatable bonds is 5. The van der Waals surface area contributed by atoms with Crippen LogP contribution in [-0.2, 0) is 4.74 Å². The van der Waals surface area contributed by atoms with Crippen LogP contribution in [0.5, 0.6) is 5.75 Å². The van der Waals surface area contributed by atoms with Crippen molar-refractivity contribution in [2.24, 2.45) is 0 Å². The Hall–Kier alpha value is -3.16. The first kappa shape index (κ1) is 17.9. The minimum atomic E-state index is -0.162. The summed E-state index contributed by atoms with van der Waals surface area (Å²) in [5, 5.41) is 0.967.